The van der Waals surface area contributed by atoms with Crippen molar-refractivity contribution >= 4 is 5.91 Å². The molecule has 21 heavy (non-hydrogen) atoms. The number of carbonyl (C=O) groups is 1. The zero-order valence-electron chi connectivity index (χ0n) is 12.0. The number of carbonyl (C=O) groups excluding carboxylic acids is 1. The van der Waals surface area contributed by atoms with Gasteiger partial charge in [0.25, 0.3) is 5.91 Å². The summed E-state index contributed by atoms with van der Waals surface area (Å²) in [5.41, 5.74) is 1.37. The molecule has 0 spiro atoms. The number of ether oxygens (including phenoxy) is 1. The lowest BCUT2D eigenvalue weighted by Crippen LogP contribution is -2.30. The van der Waals surface area contributed by atoms with E-state index in [1.807, 2.05) is 19.3 Å². The van der Waals surface area contributed by atoms with Crippen LogP contribution < -0.4 is 4.74 Å². The van der Waals surface area contributed by atoms with Gasteiger partial charge in [-0.05, 0) is 12.1 Å². The Morgan fingerprint density at radius 2 is 2.24 bits per heavy atom. The fraction of sp³-hybridized carbons (Fsp3) is 0.267. The second-order valence-electron chi connectivity index (χ2n) is 4.67. The number of nitriles is 1. The number of hydrogen-bond acceptors (Lipinski definition) is 4. The average Bonchev–Trinajstić information content (AvgIpc) is 2.90. The van der Waals surface area contributed by atoms with Crippen LogP contribution in [0.4, 0.5) is 0 Å². The predicted octanol–water partition coefficient (Wildman–Crippen LogP) is 1.33. The number of amides is 1. The molecule has 0 fully saturated rings. The molecule has 0 aliphatic rings. The number of nitrogens with zero attached hydrogens (tertiary/aromatic N) is 4. The van der Waals surface area contributed by atoms with Crippen molar-refractivity contribution in [2.45, 2.75) is 6.54 Å². The van der Waals surface area contributed by atoms with Gasteiger partial charge in [0.1, 0.15) is 11.8 Å². The minimum atomic E-state index is -0.161. The quantitative estimate of drug-likeness (QED) is 0.830. The first-order chi connectivity index (χ1) is 10.1. The Bertz CT molecular complexity index is 672. The van der Waals surface area contributed by atoms with Crippen LogP contribution in [-0.4, -0.2) is 34.2 Å². The SMILES string of the molecule is CN(Cc1cnn(C)c1)C(=O)COc1ccccc1C#N. The normalized spacial score (nSPS) is 9.95. The van der Waals surface area contributed by atoms with Gasteiger partial charge in [0.15, 0.2) is 6.61 Å². The van der Waals surface area contributed by atoms with Gasteiger partial charge in [0, 0.05) is 32.4 Å². The molecule has 0 aliphatic heterocycles. The molecule has 2 aromatic rings. The van der Waals surface area contributed by atoms with Crippen LogP contribution in [0.25, 0.3) is 0 Å². The molecule has 0 aliphatic carbocycles. The Labute approximate surface area is 123 Å². The number of likely N-dealkylation sites (N-methyl/N-ethyl adjacent to an activating group) is 1. The summed E-state index contributed by atoms with van der Waals surface area (Å²) in [5.74, 6) is 0.259. The molecule has 1 aromatic heterocycles. The van der Waals surface area contributed by atoms with Crippen molar-refractivity contribution in [3.63, 3.8) is 0 Å². The van der Waals surface area contributed by atoms with Crippen LogP contribution in [0.3, 0.4) is 0 Å². The standard InChI is InChI=1S/C15H16N4O2/c1-18(9-12-8-17-19(2)10-12)15(20)11-21-14-6-4-3-5-13(14)7-16/h3-6,8,10H,9,11H2,1-2H3. The first-order valence-corrected chi connectivity index (χ1v) is 6.43. The third kappa shape index (κ3) is 3.83. The summed E-state index contributed by atoms with van der Waals surface area (Å²) < 4.78 is 7.11. The number of benzene rings is 1. The van der Waals surface area contributed by atoms with Gasteiger partial charge in [-0.25, -0.2) is 0 Å². The van der Waals surface area contributed by atoms with Gasteiger partial charge in [0.05, 0.1) is 11.8 Å². The summed E-state index contributed by atoms with van der Waals surface area (Å²) in [4.78, 5) is 13.6. The number of hydrogen-bond donors (Lipinski definition) is 0. The van der Waals surface area contributed by atoms with E-state index in [0.717, 1.165) is 5.56 Å². The first kappa shape index (κ1) is 14.6. The Hall–Kier alpha value is -2.81. The van der Waals surface area contributed by atoms with E-state index in [0.29, 0.717) is 17.9 Å². The van der Waals surface area contributed by atoms with Crippen LogP contribution in [0.2, 0.25) is 0 Å². The summed E-state index contributed by atoms with van der Waals surface area (Å²) in [6.07, 6.45) is 3.57. The van der Waals surface area contributed by atoms with E-state index in [4.69, 9.17) is 10.00 Å². The zero-order chi connectivity index (χ0) is 15.2. The Balaban J connectivity index is 1.91. The fourth-order valence-corrected chi connectivity index (χ4v) is 1.85. The summed E-state index contributed by atoms with van der Waals surface area (Å²) in [7, 11) is 3.53. The molecule has 0 saturated carbocycles. The van der Waals surface area contributed by atoms with Crippen LogP contribution in [-0.2, 0) is 18.4 Å². The third-order valence-electron chi connectivity index (χ3n) is 2.96. The monoisotopic (exact) mass is 284 g/mol. The van der Waals surface area contributed by atoms with E-state index in [2.05, 4.69) is 5.10 Å². The highest BCUT2D eigenvalue weighted by molar-refractivity contribution is 5.77. The van der Waals surface area contributed by atoms with Gasteiger partial charge >= 0.3 is 0 Å². The number of para-hydroxylation sites is 1. The summed E-state index contributed by atoms with van der Waals surface area (Å²) in [6, 6.07) is 8.87. The van der Waals surface area contributed by atoms with E-state index >= 15 is 0 Å². The third-order valence-corrected chi connectivity index (χ3v) is 2.96. The van der Waals surface area contributed by atoms with Gasteiger partial charge in [-0.2, -0.15) is 10.4 Å². The van der Waals surface area contributed by atoms with Gasteiger partial charge in [-0.1, -0.05) is 12.1 Å². The molecule has 0 unspecified atom stereocenters. The molecular formula is C15H16N4O2. The molecule has 0 saturated heterocycles. The molecule has 0 bridgehead atoms. The van der Waals surface area contributed by atoms with Crippen LogP contribution in [0.1, 0.15) is 11.1 Å². The minimum Gasteiger partial charge on any atom is -0.482 e. The summed E-state index contributed by atoms with van der Waals surface area (Å²) in [5, 5.41) is 13.0. The van der Waals surface area contributed by atoms with Crippen molar-refractivity contribution in [3.05, 3.63) is 47.8 Å². The lowest BCUT2D eigenvalue weighted by Gasteiger charge is -2.16. The molecule has 0 radical (unpaired) electrons. The van der Waals surface area contributed by atoms with Gasteiger partial charge < -0.3 is 9.64 Å². The lowest BCUT2D eigenvalue weighted by atomic mass is 10.2. The molecule has 6 heteroatoms. The maximum absolute atomic E-state index is 12.0. The Kier molecular flexibility index (Phi) is 4.57. The number of aryl methyl sites for hydroxylation is 1. The number of rotatable bonds is 5. The number of aromatic nitrogens is 2. The van der Waals surface area contributed by atoms with Crippen molar-refractivity contribution in [1.82, 2.24) is 14.7 Å². The molecule has 1 amide bonds. The van der Waals surface area contributed by atoms with E-state index in [1.54, 1.807) is 47.1 Å². The predicted molar refractivity (Wildman–Crippen MR) is 76.3 cm³/mol. The second-order valence-corrected chi connectivity index (χ2v) is 4.67. The maximum atomic E-state index is 12.0. The Morgan fingerprint density at radius 3 is 2.90 bits per heavy atom. The van der Waals surface area contributed by atoms with Crippen molar-refractivity contribution in [2.75, 3.05) is 13.7 Å². The van der Waals surface area contributed by atoms with Gasteiger partial charge in [-0.15, -0.1) is 0 Å². The highest BCUT2D eigenvalue weighted by Crippen LogP contribution is 2.16. The van der Waals surface area contributed by atoms with Gasteiger partial charge in [0.2, 0.25) is 0 Å². The maximum Gasteiger partial charge on any atom is 0.260 e. The molecule has 1 heterocycles. The first-order valence-electron chi connectivity index (χ1n) is 6.43. The lowest BCUT2D eigenvalue weighted by molar-refractivity contribution is -0.132. The summed E-state index contributed by atoms with van der Waals surface area (Å²) in [6.45, 7) is 0.366. The Morgan fingerprint density at radius 1 is 1.48 bits per heavy atom. The van der Waals surface area contributed by atoms with Crippen LogP contribution in [0, 0.1) is 11.3 Å². The largest absolute Gasteiger partial charge is 0.482 e. The summed E-state index contributed by atoms with van der Waals surface area (Å²) >= 11 is 0. The molecule has 0 atom stereocenters. The molecule has 6 nitrogen and oxygen atoms in total. The van der Waals surface area contributed by atoms with E-state index in [9.17, 15) is 4.79 Å². The second kappa shape index (κ2) is 6.57. The van der Waals surface area contributed by atoms with Crippen LogP contribution in [0.5, 0.6) is 5.75 Å². The highest BCUT2D eigenvalue weighted by atomic mass is 16.5. The van der Waals surface area contributed by atoms with Crippen LogP contribution in [0.15, 0.2) is 36.7 Å². The molecule has 0 N–H and O–H groups in total. The van der Waals surface area contributed by atoms with Crippen molar-refractivity contribution in [2.24, 2.45) is 7.05 Å². The molecular weight excluding hydrogens is 268 g/mol. The van der Waals surface area contributed by atoms with Gasteiger partial charge in [-0.3, -0.25) is 9.48 Å². The molecule has 1 aromatic carbocycles. The topological polar surface area (TPSA) is 71.2 Å². The van der Waals surface area contributed by atoms with E-state index in [1.165, 1.54) is 0 Å². The van der Waals surface area contributed by atoms with E-state index < -0.39 is 0 Å². The van der Waals surface area contributed by atoms with Crippen LogP contribution >= 0.6 is 0 Å². The highest BCUT2D eigenvalue weighted by Gasteiger charge is 2.12. The van der Waals surface area contributed by atoms with E-state index in [-0.39, 0.29) is 12.5 Å². The fourth-order valence-electron chi connectivity index (χ4n) is 1.85. The van der Waals surface area contributed by atoms with Crippen molar-refractivity contribution in [3.8, 4) is 11.8 Å². The van der Waals surface area contributed by atoms with Crippen molar-refractivity contribution in [1.29, 1.82) is 5.26 Å². The average molecular weight is 284 g/mol. The van der Waals surface area contributed by atoms with Crippen molar-refractivity contribution < 1.29 is 9.53 Å². The zero-order valence-corrected chi connectivity index (χ0v) is 12.0. The molecule has 2 rings (SSSR count). The molecule has 108 valence electrons. The minimum absolute atomic E-state index is 0.102. The smallest absolute Gasteiger partial charge is 0.260 e.